The Morgan fingerprint density at radius 1 is 1.03 bits per heavy atom. The van der Waals surface area contributed by atoms with Gasteiger partial charge in [0.1, 0.15) is 11.1 Å². The fourth-order valence-electron chi connectivity index (χ4n) is 4.85. The van der Waals surface area contributed by atoms with Gasteiger partial charge in [0, 0.05) is 18.5 Å². The number of ether oxygens (including phenoxy) is 1. The van der Waals surface area contributed by atoms with Crippen molar-refractivity contribution >= 4 is 33.4 Å². The first kappa shape index (κ1) is 20.1. The summed E-state index contributed by atoms with van der Waals surface area (Å²) in [6, 6.07) is 23.2. The van der Waals surface area contributed by atoms with Crippen LogP contribution in [0.2, 0.25) is 0 Å². The Balaban J connectivity index is 1.29. The van der Waals surface area contributed by atoms with Crippen molar-refractivity contribution in [1.29, 1.82) is 0 Å². The van der Waals surface area contributed by atoms with Gasteiger partial charge in [-0.05, 0) is 54.3 Å². The van der Waals surface area contributed by atoms with E-state index < -0.39 is 0 Å². The fourth-order valence-corrected chi connectivity index (χ4v) is 5.96. The van der Waals surface area contributed by atoms with Crippen molar-refractivity contribution < 1.29 is 14.3 Å². The van der Waals surface area contributed by atoms with Crippen molar-refractivity contribution in [3.05, 3.63) is 100 Å². The number of carbonyl (C=O) groups is 2. The number of carbonyl (C=O) groups excluding carboxylic acids is 2. The molecule has 3 aromatic carbocycles. The first-order valence-electron chi connectivity index (χ1n) is 11.2. The number of benzene rings is 3. The van der Waals surface area contributed by atoms with Crippen molar-refractivity contribution in [3.8, 4) is 0 Å². The van der Waals surface area contributed by atoms with Crippen LogP contribution in [-0.2, 0) is 11.2 Å². The Morgan fingerprint density at radius 3 is 2.70 bits per heavy atom. The van der Waals surface area contributed by atoms with E-state index in [-0.39, 0.29) is 24.0 Å². The van der Waals surface area contributed by atoms with Gasteiger partial charge in [0.25, 0.3) is 5.91 Å². The van der Waals surface area contributed by atoms with E-state index in [1.807, 2.05) is 59.5 Å². The standard InChI is InChI=1S/C27H22N2O3S/c30-26(29-14-6-10-22(29)25-28-21-9-4-5-11-24(21)33-25)18-12-13-20-19(15-18)16-23(32-27(20)31)17-7-2-1-3-8-17/h1-5,7-9,11-13,15,22-23H,6,10,14,16H2/t22-,23+/m1/s1. The number of nitrogens with zero attached hydrogens (tertiary/aromatic N) is 2. The van der Waals surface area contributed by atoms with Gasteiger partial charge in [0.05, 0.1) is 21.8 Å². The highest BCUT2D eigenvalue weighted by molar-refractivity contribution is 7.18. The van der Waals surface area contributed by atoms with Gasteiger partial charge in [-0.25, -0.2) is 9.78 Å². The third kappa shape index (κ3) is 3.60. The number of hydrogen-bond acceptors (Lipinski definition) is 5. The summed E-state index contributed by atoms with van der Waals surface area (Å²) in [5, 5.41) is 0.993. The number of fused-ring (bicyclic) bond motifs is 2. The monoisotopic (exact) mass is 454 g/mol. The van der Waals surface area contributed by atoms with Gasteiger partial charge in [-0.2, -0.15) is 0 Å². The second-order valence-corrected chi connectivity index (χ2v) is 9.62. The number of rotatable bonds is 3. The molecule has 6 rings (SSSR count). The second kappa shape index (κ2) is 8.12. The van der Waals surface area contributed by atoms with Crippen LogP contribution in [0.15, 0.2) is 72.8 Å². The van der Waals surface area contributed by atoms with Gasteiger partial charge in [0.2, 0.25) is 0 Å². The zero-order valence-electron chi connectivity index (χ0n) is 17.9. The maximum absolute atomic E-state index is 13.6. The molecule has 0 aliphatic carbocycles. The van der Waals surface area contributed by atoms with Gasteiger partial charge in [-0.15, -0.1) is 11.3 Å². The molecule has 0 N–H and O–H groups in total. The van der Waals surface area contributed by atoms with Gasteiger partial charge in [0.15, 0.2) is 0 Å². The minimum absolute atomic E-state index is 0.00485. The number of likely N-dealkylation sites (tertiary alicyclic amines) is 1. The molecule has 1 amide bonds. The Labute approximate surface area is 195 Å². The quantitative estimate of drug-likeness (QED) is 0.371. The van der Waals surface area contributed by atoms with Gasteiger partial charge in [-0.1, -0.05) is 42.5 Å². The Kier molecular flexibility index (Phi) is 4.95. The van der Waals surface area contributed by atoms with Crippen LogP contribution in [0.25, 0.3) is 10.2 Å². The first-order chi connectivity index (χ1) is 16.2. The van der Waals surface area contributed by atoms with E-state index >= 15 is 0 Å². The van der Waals surface area contributed by atoms with Crippen LogP contribution in [-0.4, -0.2) is 28.3 Å². The molecular formula is C27H22N2O3S. The smallest absolute Gasteiger partial charge is 0.339 e. The number of hydrogen-bond donors (Lipinski definition) is 0. The van der Waals surface area contributed by atoms with E-state index in [0.717, 1.165) is 39.2 Å². The average Bonchev–Trinajstić information content (AvgIpc) is 3.51. The van der Waals surface area contributed by atoms with Gasteiger partial charge in [-0.3, -0.25) is 4.79 Å². The minimum Gasteiger partial charge on any atom is -0.454 e. The average molecular weight is 455 g/mol. The van der Waals surface area contributed by atoms with Crippen LogP contribution < -0.4 is 0 Å². The summed E-state index contributed by atoms with van der Waals surface area (Å²) in [5.74, 6) is -0.340. The molecule has 3 heterocycles. The molecule has 2 atom stereocenters. The lowest BCUT2D eigenvalue weighted by atomic mass is 9.93. The Bertz CT molecular complexity index is 1330. The zero-order valence-corrected chi connectivity index (χ0v) is 18.8. The van der Waals surface area contributed by atoms with Crippen LogP contribution in [0.1, 0.15) is 61.8 Å². The highest BCUT2D eigenvalue weighted by atomic mass is 32.1. The molecule has 0 unspecified atom stereocenters. The molecule has 1 aromatic heterocycles. The molecule has 0 saturated carbocycles. The molecule has 33 heavy (non-hydrogen) atoms. The summed E-state index contributed by atoms with van der Waals surface area (Å²) in [4.78, 5) is 32.9. The normalized spacial score (nSPS) is 20.0. The second-order valence-electron chi connectivity index (χ2n) is 8.56. The molecule has 164 valence electrons. The lowest BCUT2D eigenvalue weighted by Crippen LogP contribution is -2.31. The van der Waals surface area contributed by atoms with E-state index in [9.17, 15) is 9.59 Å². The predicted octanol–water partition coefficient (Wildman–Crippen LogP) is 5.73. The maximum Gasteiger partial charge on any atom is 0.339 e. The van der Waals surface area contributed by atoms with Crippen LogP contribution in [0, 0.1) is 0 Å². The van der Waals surface area contributed by atoms with E-state index in [2.05, 4.69) is 6.07 Å². The summed E-state index contributed by atoms with van der Waals surface area (Å²) in [7, 11) is 0. The SMILES string of the molecule is O=C1O[C@H](c2ccccc2)Cc2cc(C(=O)N3CCC[C@@H]3c3nc4ccccc4s3)ccc21. The Morgan fingerprint density at radius 2 is 1.85 bits per heavy atom. The molecular weight excluding hydrogens is 432 g/mol. The highest BCUT2D eigenvalue weighted by Gasteiger charge is 2.34. The molecule has 0 radical (unpaired) electrons. The molecule has 2 aliphatic heterocycles. The van der Waals surface area contributed by atoms with Crippen molar-refractivity contribution in [2.24, 2.45) is 0 Å². The number of esters is 1. The van der Waals surface area contributed by atoms with Gasteiger partial charge < -0.3 is 9.64 Å². The van der Waals surface area contributed by atoms with Crippen molar-refractivity contribution in [1.82, 2.24) is 9.88 Å². The lowest BCUT2D eigenvalue weighted by Gasteiger charge is -2.27. The summed E-state index contributed by atoms with van der Waals surface area (Å²) >= 11 is 1.67. The van der Waals surface area contributed by atoms with E-state index in [1.165, 1.54) is 0 Å². The van der Waals surface area contributed by atoms with E-state index in [0.29, 0.717) is 24.1 Å². The molecule has 4 aromatic rings. The maximum atomic E-state index is 13.6. The minimum atomic E-state index is -0.336. The number of aromatic nitrogens is 1. The molecule has 6 heteroatoms. The fraction of sp³-hybridized carbons (Fsp3) is 0.222. The van der Waals surface area contributed by atoms with Crippen molar-refractivity contribution in [2.75, 3.05) is 6.54 Å². The number of thiazole rings is 1. The Hall–Kier alpha value is -3.51. The largest absolute Gasteiger partial charge is 0.454 e. The summed E-state index contributed by atoms with van der Waals surface area (Å²) < 4.78 is 6.81. The zero-order chi connectivity index (χ0) is 22.4. The molecule has 1 fully saturated rings. The van der Waals surface area contributed by atoms with Crippen molar-refractivity contribution in [2.45, 2.75) is 31.4 Å². The summed E-state index contributed by atoms with van der Waals surface area (Å²) in [6.07, 6.45) is 2.10. The molecule has 1 saturated heterocycles. The number of para-hydroxylation sites is 1. The third-order valence-corrected chi connectivity index (χ3v) is 7.64. The van der Waals surface area contributed by atoms with Crippen LogP contribution in [0.4, 0.5) is 0 Å². The number of cyclic esters (lactones) is 1. The first-order valence-corrected chi connectivity index (χ1v) is 12.0. The summed E-state index contributed by atoms with van der Waals surface area (Å²) in [5.41, 5.74) is 3.97. The third-order valence-electron chi connectivity index (χ3n) is 6.51. The lowest BCUT2D eigenvalue weighted by molar-refractivity contribution is 0.0252. The molecule has 5 nitrogen and oxygen atoms in total. The van der Waals surface area contributed by atoms with Crippen LogP contribution >= 0.6 is 11.3 Å². The van der Waals surface area contributed by atoms with Crippen LogP contribution in [0.3, 0.4) is 0 Å². The topological polar surface area (TPSA) is 59.5 Å². The molecule has 0 spiro atoms. The van der Waals surface area contributed by atoms with Crippen molar-refractivity contribution in [3.63, 3.8) is 0 Å². The van der Waals surface area contributed by atoms with Crippen LogP contribution in [0.5, 0.6) is 0 Å². The number of amides is 1. The highest BCUT2D eigenvalue weighted by Crippen LogP contribution is 2.38. The van der Waals surface area contributed by atoms with E-state index in [1.54, 1.807) is 23.5 Å². The molecule has 2 aliphatic rings. The summed E-state index contributed by atoms with van der Waals surface area (Å²) in [6.45, 7) is 0.713. The van der Waals surface area contributed by atoms with E-state index in [4.69, 9.17) is 9.72 Å². The predicted molar refractivity (Wildman–Crippen MR) is 127 cm³/mol. The molecule has 0 bridgehead atoms. The van der Waals surface area contributed by atoms with Gasteiger partial charge >= 0.3 is 5.97 Å².